The number of thiophene rings is 1. The number of hydrogen-bond donors (Lipinski definition) is 1. The minimum atomic E-state index is 0.666. The molecule has 0 spiro atoms. The van der Waals surface area contributed by atoms with Crippen LogP contribution in [0.4, 0.5) is 0 Å². The minimum Gasteiger partial charge on any atom is -0.311 e. The maximum Gasteiger partial charge on any atom is 0.0115 e. The van der Waals surface area contributed by atoms with Crippen LogP contribution in [-0.4, -0.2) is 12.1 Å². The van der Waals surface area contributed by atoms with E-state index in [-0.39, 0.29) is 0 Å². The van der Waals surface area contributed by atoms with Crippen molar-refractivity contribution in [3.05, 3.63) is 22.4 Å². The Hall–Kier alpha value is -0.340. The van der Waals surface area contributed by atoms with Crippen LogP contribution in [0.25, 0.3) is 0 Å². The van der Waals surface area contributed by atoms with Gasteiger partial charge in [-0.1, -0.05) is 13.0 Å². The van der Waals surface area contributed by atoms with E-state index >= 15 is 0 Å². The second kappa shape index (κ2) is 5.13. The van der Waals surface area contributed by atoms with Gasteiger partial charge in [0.05, 0.1) is 0 Å². The highest BCUT2D eigenvalue weighted by molar-refractivity contribution is 7.09. The molecule has 0 saturated heterocycles. The Morgan fingerprint density at radius 2 is 2.33 bits per heavy atom. The summed E-state index contributed by atoms with van der Waals surface area (Å²) in [6.07, 6.45) is 5.30. The molecule has 1 aliphatic carbocycles. The van der Waals surface area contributed by atoms with Crippen molar-refractivity contribution in [2.75, 3.05) is 0 Å². The zero-order valence-electron chi connectivity index (χ0n) is 9.70. The molecular formula is C13H21NS. The molecule has 0 aromatic carbocycles. The normalized spacial score (nSPS) is 20.1. The molecule has 0 amide bonds. The van der Waals surface area contributed by atoms with Gasteiger partial charge < -0.3 is 5.32 Å². The molecule has 1 fully saturated rings. The molecule has 1 N–H and O–H groups in total. The summed E-state index contributed by atoms with van der Waals surface area (Å²) in [6, 6.07) is 5.78. The fourth-order valence-electron chi connectivity index (χ4n) is 2.10. The third-order valence-electron chi connectivity index (χ3n) is 3.35. The number of rotatable bonds is 6. The van der Waals surface area contributed by atoms with Crippen molar-refractivity contribution < 1.29 is 0 Å². The average molecular weight is 223 g/mol. The molecular weight excluding hydrogens is 202 g/mol. The van der Waals surface area contributed by atoms with Crippen LogP contribution >= 0.6 is 11.3 Å². The van der Waals surface area contributed by atoms with Gasteiger partial charge in [0, 0.05) is 17.0 Å². The number of hydrogen-bond acceptors (Lipinski definition) is 2. The molecule has 1 heterocycles. The fourth-order valence-corrected chi connectivity index (χ4v) is 2.88. The van der Waals surface area contributed by atoms with Gasteiger partial charge in [0.25, 0.3) is 0 Å². The lowest BCUT2D eigenvalue weighted by molar-refractivity contribution is 0.404. The highest BCUT2D eigenvalue weighted by atomic mass is 32.1. The van der Waals surface area contributed by atoms with Crippen LogP contribution in [0, 0.1) is 5.92 Å². The first-order valence-corrected chi connectivity index (χ1v) is 6.96. The summed E-state index contributed by atoms with van der Waals surface area (Å²) in [5.41, 5.74) is 0. The average Bonchev–Trinajstić information content (AvgIpc) is 2.97. The summed E-state index contributed by atoms with van der Waals surface area (Å²) in [5, 5.41) is 5.95. The van der Waals surface area contributed by atoms with Crippen LogP contribution < -0.4 is 5.32 Å². The molecule has 2 heteroatoms. The predicted octanol–water partition coefficient (Wildman–Crippen LogP) is 3.46. The van der Waals surface area contributed by atoms with Gasteiger partial charge in [-0.2, -0.15) is 0 Å². The van der Waals surface area contributed by atoms with Crippen molar-refractivity contribution in [2.45, 2.75) is 51.6 Å². The zero-order valence-corrected chi connectivity index (χ0v) is 10.5. The van der Waals surface area contributed by atoms with E-state index in [1.807, 2.05) is 11.3 Å². The second-order valence-electron chi connectivity index (χ2n) is 4.68. The quantitative estimate of drug-likeness (QED) is 0.779. The smallest absolute Gasteiger partial charge is 0.0115 e. The van der Waals surface area contributed by atoms with E-state index in [1.165, 1.54) is 30.6 Å². The van der Waals surface area contributed by atoms with E-state index in [0.717, 1.165) is 12.0 Å². The summed E-state index contributed by atoms with van der Waals surface area (Å²) in [5.74, 6) is 0.961. The van der Waals surface area contributed by atoms with Crippen molar-refractivity contribution in [1.29, 1.82) is 0 Å². The molecule has 1 aliphatic rings. The Morgan fingerprint density at radius 3 is 2.87 bits per heavy atom. The molecule has 1 saturated carbocycles. The van der Waals surface area contributed by atoms with Gasteiger partial charge in [-0.15, -0.1) is 11.3 Å². The molecule has 1 aromatic rings. The van der Waals surface area contributed by atoms with Crippen molar-refractivity contribution in [3.63, 3.8) is 0 Å². The molecule has 84 valence electrons. The lowest BCUT2D eigenvalue weighted by Gasteiger charge is -2.21. The van der Waals surface area contributed by atoms with Gasteiger partial charge >= 0.3 is 0 Å². The Balaban J connectivity index is 1.81. The summed E-state index contributed by atoms with van der Waals surface area (Å²) in [4.78, 5) is 1.51. The monoisotopic (exact) mass is 223 g/mol. The Bertz CT molecular complexity index is 277. The van der Waals surface area contributed by atoms with E-state index in [1.54, 1.807) is 0 Å². The maximum atomic E-state index is 3.77. The van der Waals surface area contributed by atoms with Crippen molar-refractivity contribution >= 4 is 11.3 Å². The van der Waals surface area contributed by atoms with Gasteiger partial charge in [0.15, 0.2) is 0 Å². The van der Waals surface area contributed by atoms with Crippen molar-refractivity contribution in [1.82, 2.24) is 5.32 Å². The van der Waals surface area contributed by atoms with Gasteiger partial charge in [-0.05, 0) is 50.0 Å². The molecule has 2 rings (SSSR count). The predicted molar refractivity (Wildman–Crippen MR) is 67.4 cm³/mol. The third-order valence-corrected chi connectivity index (χ3v) is 4.25. The zero-order chi connectivity index (χ0) is 10.7. The third kappa shape index (κ3) is 3.32. The molecule has 1 nitrogen and oxygen atoms in total. The standard InChI is InChI=1S/C13H21NS/c1-3-12(9-13-5-4-8-15-13)14-10(2)11-6-7-11/h4-5,8,10-12,14H,3,6-7,9H2,1-2H3. The highest BCUT2D eigenvalue weighted by Crippen LogP contribution is 2.32. The van der Waals surface area contributed by atoms with Gasteiger partial charge in [0.1, 0.15) is 0 Å². The van der Waals surface area contributed by atoms with Crippen LogP contribution in [0.3, 0.4) is 0 Å². The summed E-state index contributed by atoms with van der Waals surface area (Å²) in [6.45, 7) is 4.62. The lowest BCUT2D eigenvalue weighted by atomic mass is 10.1. The Morgan fingerprint density at radius 1 is 1.53 bits per heavy atom. The summed E-state index contributed by atoms with van der Waals surface area (Å²) >= 11 is 1.88. The van der Waals surface area contributed by atoms with E-state index in [2.05, 4.69) is 36.7 Å². The SMILES string of the molecule is CCC(Cc1cccs1)NC(C)C1CC1. The van der Waals surface area contributed by atoms with Crippen LogP contribution in [0.2, 0.25) is 0 Å². The molecule has 15 heavy (non-hydrogen) atoms. The molecule has 2 atom stereocenters. The van der Waals surface area contributed by atoms with Crippen LogP contribution in [0.1, 0.15) is 38.0 Å². The molecule has 0 aliphatic heterocycles. The molecule has 2 unspecified atom stereocenters. The van der Waals surface area contributed by atoms with E-state index in [9.17, 15) is 0 Å². The van der Waals surface area contributed by atoms with E-state index < -0.39 is 0 Å². The first-order valence-electron chi connectivity index (χ1n) is 6.08. The van der Waals surface area contributed by atoms with Crippen molar-refractivity contribution in [2.24, 2.45) is 5.92 Å². The molecule has 0 radical (unpaired) electrons. The summed E-state index contributed by atoms with van der Waals surface area (Å²) < 4.78 is 0. The van der Waals surface area contributed by atoms with Crippen molar-refractivity contribution in [3.8, 4) is 0 Å². The van der Waals surface area contributed by atoms with Gasteiger partial charge in [0.2, 0.25) is 0 Å². The fraction of sp³-hybridized carbons (Fsp3) is 0.692. The first kappa shape index (κ1) is 11.2. The minimum absolute atomic E-state index is 0.666. The maximum absolute atomic E-state index is 3.77. The van der Waals surface area contributed by atoms with Crippen LogP contribution in [-0.2, 0) is 6.42 Å². The Kier molecular flexibility index (Phi) is 3.81. The van der Waals surface area contributed by atoms with E-state index in [0.29, 0.717) is 6.04 Å². The Labute approximate surface area is 96.9 Å². The highest BCUT2D eigenvalue weighted by Gasteiger charge is 2.28. The van der Waals surface area contributed by atoms with Gasteiger partial charge in [-0.25, -0.2) is 0 Å². The second-order valence-corrected chi connectivity index (χ2v) is 5.71. The van der Waals surface area contributed by atoms with Gasteiger partial charge in [-0.3, -0.25) is 0 Å². The number of nitrogens with one attached hydrogen (secondary N) is 1. The molecule has 1 aromatic heterocycles. The van der Waals surface area contributed by atoms with Crippen LogP contribution in [0.5, 0.6) is 0 Å². The summed E-state index contributed by atoms with van der Waals surface area (Å²) in [7, 11) is 0. The topological polar surface area (TPSA) is 12.0 Å². The largest absolute Gasteiger partial charge is 0.311 e. The van der Waals surface area contributed by atoms with E-state index in [4.69, 9.17) is 0 Å². The van der Waals surface area contributed by atoms with Crippen LogP contribution in [0.15, 0.2) is 17.5 Å². The molecule has 0 bridgehead atoms. The lowest BCUT2D eigenvalue weighted by Crippen LogP contribution is -2.38. The first-order chi connectivity index (χ1) is 7.29.